The summed E-state index contributed by atoms with van der Waals surface area (Å²) in [6, 6.07) is 13.2. The van der Waals surface area contributed by atoms with Gasteiger partial charge in [-0.3, -0.25) is 9.78 Å². The van der Waals surface area contributed by atoms with Gasteiger partial charge in [0.1, 0.15) is 0 Å². The summed E-state index contributed by atoms with van der Waals surface area (Å²) < 4.78 is 5.31. The fourth-order valence-corrected chi connectivity index (χ4v) is 4.46. The number of hydrogen-bond acceptors (Lipinski definition) is 5. The number of benzene rings is 1. The van der Waals surface area contributed by atoms with Gasteiger partial charge < -0.3 is 10.1 Å². The minimum Gasteiger partial charge on any atom is -0.463 e. The molecule has 2 aliphatic rings. The molecule has 0 saturated carbocycles. The van der Waals surface area contributed by atoms with Gasteiger partial charge in [0.25, 0.3) is 0 Å². The van der Waals surface area contributed by atoms with Crippen LogP contribution in [0.15, 0.2) is 71.2 Å². The largest absolute Gasteiger partial charge is 0.463 e. The number of pyridine rings is 1. The summed E-state index contributed by atoms with van der Waals surface area (Å²) in [6.07, 6.45) is 2.74. The Kier molecular flexibility index (Phi) is 5.73. The lowest BCUT2D eigenvalue weighted by molar-refractivity contribution is -0.138. The summed E-state index contributed by atoms with van der Waals surface area (Å²) in [7, 11) is 0. The number of aromatic nitrogens is 1. The Labute approximate surface area is 180 Å². The zero-order valence-corrected chi connectivity index (χ0v) is 17.7. The predicted octanol–water partition coefficient (Wildman–Crippen LogP) is 4.66. The molecule has 5 nitrogen and oxygen atoms in total. The van der Waals surface area contributed by atoms with E-state index in [-0.39, 0.29) is 18.3 Å². The second-order valence-corrected chi connectivity index (χ2v) is 7.98. The summed E-state index contributed by atoms with van der Waals surface area (Å²) in [4.78, 5) is 30.6. The van der Waals surface area contributed by atoms with Crippen molar-refractivity contribution in [3.63, 3.8) is 0 Å². The molecule has 2 aromatic rings. The van der Waals surface area contributed by atoms with Crippen LogP contribution in [0, 0.1) is 0 Å². The molecule has 0 radical (unpaired) electrons. The third kappa shape index (κ3) is 3.77. The zero-order valence-electron chi connectivity index (χ0n) is 16.9. The van der Waals surface area contributed by atoms with E-state index in [0.29, 0.717) is 40.4 Å². The van der Waals surface area contributed by atoms with Gasteiger partial charge in [-0.05, 0) is 56.0 Å². The molecule has 1 aliphatic heterocycles. The monoisotopic (exact) mass is 422 g/mol. The highest BCUT2D eigenvalue weighted by atomic mass is 35.5. The van der Waals surface area contributed by atoms with E-state index < -0.39 is 11.9 Å². The average molecular weight is 423 g/mol. The third-order valence-electron chi connectivity index (χ3n) is 5.65. The van der Waals surface area contributed by atoms with Crippen LogP contribution in [0.1, 0.15) is 49.8 Å². The lowest BCUT2D eigenvalue weighted by Gasteiger charge is -2.36. The van der Waals surface area contributed by atoms with Gasteiger partial charge in [-0.15, -0.1) is 0 Å². The number of ether oxygens (including phenoxy) is 1. The Morgan fingerprint density at radius 1 is 1.20 bits per heavy atom. The summed E-state index contributed by atoms with van der Waals surface area (Å²) in [5.41, 5.74) is 4.38. The van der Waals surface area contributed by atoms with Gasteiger partial charge in [-0.25, -0.2) is 4.79 Å². The summed E-state index contributed by atoms with van der Waals surface area (Å²) >= 11 is 6.02. The first kappa shape index (κ1) is 20.4. The minimum atomic E-state index is -0.528. The van der Waals surface area contributed by atoms with Crippen molar-refractivity contribution in [2.45, 2.75) is 38.5 Å². The average Bonchev–Trinajstić information content (AvgIpc) is 2.74. The fourth-order valence-electron chi connectivity index (χ4n) is 4.33. The van der Waals surface area contributed by atoms with Crippen molar-refractivity contribution < 1.29 is 14.3 Å². The van der Waals surface area contributed by atoms with Crippen molar-refractivity contribution >= 4 is 23.4 Å². The molecule has 0 bridgehead atoms. The number of dihydropyridines is 1. The Hall–Kier alpha value is -2.92. The second-order valence-electron chi connectivity index (χ2n) is 7.54. The van der Waals surface area contributed by atoms with E-state index in [2.05, 4.69) is 10.3 Å². The van der Waals surface area contributed by atoms with E-state index in [1.165, 1.54) is 0 Å². The van der Waals surface area contributed by atoms with Crippen LogP contribution in [-0.4, -0.2) is 23.3 Å². The predicted molar refractivity (Wildman–Crippen MR) is 115 cm³/mol. The summed E-state index contributed by atoms with van der Waals surface area (Å²) in [5.74, 6) is -0.867. The van der Waals surface area contributed by atoms with Gasteiger partial charge >= 0.3 is 5.97 Å². The molecule has 30 heavy (non-hydrogen) atoms. The molecule has 2 unspecified atom stereocenters. The van der Waals surface area contributed by atoms with Crippen LogP contribution in [0.4, 0.5) is 0 Å². The van der Waals surface area contributed by atoms with E-state index in [0.717, 1.165) is 11.3 Å². The van der Waals surface area contributed by atoms with Gasteiger partial charge in [0, 0.05) is 34.6 Å². The maximum atomic E-state index is 13.4. The molecule has 1 aliphatic carbocycles. The molecule has 154 valence electrons. The molecule has 0 amide bonds. The quantitative estimate of drug-likeness (QED) is 0.726. The van der Waals surface area contributed by atoms with Crippen LogP contribution in [0.2, 0.25) is 5.02 Å². The van der Waals surface area contributed by atoms with Gasteiger partial charge in [0.2, 0.25) is 0 Å². The number of allylic oxidation sites excluding steroid dienone is 3. The Morgan fingerprint density at radius 2 is 1.97 bits per heavy atom. The number of ketones is 1. The molecule has 4 rings (SSSR count). The molecule has 0 spiro atoms. The van der Waals surface area contributed by atoms with E-state index in [1.807, 2.05) is 49.4 Å². The molecule has 0 saturated heterocycles. The molecule has 2 atom stereocenters. The SMILES string of the molecule is CCOC(=O)C1=C(C)NC2=C(C(=O)CC(c3ccc(Cl)cc3)C2)C1c1ccccn1. The van der Waals surface area contributed by atoms with Crippen LogP contribution in [-0.2, 0) is 14.3 Å². The molecule has 6 heteroatoms. The van der Waals surface area contributed by atoms with Gasteiger partial charge in [0.15, 0.2) is 5.78 Å². The van der Waals surface area contributed by atoms with Crippen LogP contribution in [0.5, 0.6) is 0 Å². The van der Waals surface area contributed by atoms with Gasteiger partial charge in [0.05, 0.1) is 23.8 Å². The Bertz CT molecular complexity index is 1040. The topological polar surface area (TPSA) is 68.3 Å². The highest BCUT2D eigenvalue weighted by Crippen LogP contribution is 2.45. The summed E-state index contributed by atoms with van der Waals surface area (Å²) in [5, 5.41) is 4.00. The number of esters is 1. The third-order valence-corrected chi connectivity index (χ3v) is 5.90. The molecule has 2 heterocycles. The van der Waals surface area contributed by atoms with Crippen LogP contribution in [0.25, 0.3) is 0 Å². The van der Waals surface area contributed by atoms with E-state index >= 15 is 0 Å². The number of hydrogen-bond donors (Lipinski definition) is 1. The standard InChI is InChI=1S/C24H23ClN2O3/c1-3-30-24(29)21-14(2)27-19-12-16(15-7-9-17(25)10-8-15)13-20(28)22(19)23(21)18-6-4-5-11-26-18/h4-11,16,23,27H,3,12-13H2,1-2H3. The molecular formula is C24H23ClN2O3. The smallest absolute Gasteiger partial charge is 0.336 e. The van der Waals surface area contributed by atoms with E-state index in [1.54, 1.807) is 13.1 Å². The Morgan fingerprint density at radius 3 is 2.63 bits per heavy atom. The van der Waals surface area contributed by atoms with Crippen molar-refractivity contribution in [2.24, 2.45) is 0 Å². The van der Waals surface area contributed by atoms with Gasteiger partial charge in [-0.2, -0.15) is 0 Å². The number of rotatable bonds is 4. The van der Waals surface area contributed by atoms with E-state index in [9.17, 15) is 9.59 Å². The first-order valence-corrected chi connectivity index (χ1v) is 10.4. The van der Waals surface area contributed by atoms with Crippen molar-refractivity contribution in [2.75, 3.05) is 6.61 Å². The van der Waals surface area contributed by atoms with E-state index in [4.69, 9.17) is 16.3 Å². The molecule has 1 aromatic heterocycles. The first-order valence-electron chi connectivity index (χ1n) is 10.1. The number of carbonyl (C=O) groups excluding carboxylic acids is 2. The number of Topliss-reactive ketones (excluding diaryl/α,β-unsaturated/α-hetero) is 1. The maximum absolute atomic E-state index is 13.4. The highest BCUT2D eigenvalue weighted by molar-refractivity contribution is 6.30. The highest BCUT2D eigenvalue weighted by Gasteiger charge is 2.41. The fraction of sp³-hybridized carbons (Fsp3) is 0.292. The lowest BCUT2D eigenvalue weighted by atomic mass is 9.73. The summed E-state index contributed by atoms with van der Waals surface area (Å²) in [6.45, 7) is 3.89. The normalized spacial score (nSPS) is 21.2. The van der Waals surface area contributed by atoms with Crippen LogP contribution < -0.4 is 5.32 Å². The number of nitrogens with one attached hydrogen (secondary N) is 1. The maximum Gasteiger partial charge on any atom is 0.336 e. The molecule has 0 fully saturated rings. The molecular weight excluding hydrogens is 400 g/mol. The number of nitrogens with zero attached hydrogens (tertiary/aromatic N) is 1. The second kappa shape index (κ2) is 8.44. The van der Waals surface area contributed by atoms with Crippen molar-refractivity contribution in [3.8, 4) is 0 Å². The van der Waals surface area contributed by atoms with Crippen LogP contribution >= 0.6 is 11.6 Å². The molecule has 1 aromatic carbocycles. The van der Waals surface area contributed by atoms with Crippen molar-refractivity contribution in [1.82, 2.24) is 10.3 Å². The first-order chi connectivity index (χ1) is 14.5. The minimum absolute atomic E-state index is 0.0219. The van der Waals surface area contributed by atoms with Crippen molar-refractivity contribution in [1.29, 1.82) is 0 Å². The van der Waals surface area contributed by atoms with Crippen LogP contribution in [0.3, 0.4) is 0 Å². The number of halogens is 1. The Balaban J connectivity index is 1.77. The van der Waals surface area contributed by atoms with Crippen molar-refractivity contribution in [3.05, 3.63) is 87.5 Å². The lowest BCUT2D eigenvalue weighted by Crippen LogP contribution is -2.36. The van der Waals surface area contributed by atoms with Gasteiger partial charge in [-0.1, -0.05) is 29.8 Å². The zero-order chi connectivity index (χ0) is 21.3. The molecule has 1 N–H and O–H groups in total. The number of carbonyl (C=O) groups is 2.